The summed E-state index contributed by atoms with van der Waals surface area (Å²) in [4.78, 5) is 25.2. The van der Waals surface area contributed by atoms with Gasteiger partial charge in [0.2, 0.25) is 11.8 Å². The van der Waals surface area contributed by atoms with Crippen LogP contribution in [-0.4, -0.2) is 50.2 Å². The van der Waals surface area contributed by atoms with Crippen molar-refractivity contribution in [1.82, 2.24) is 9.62 Å². The lowest BCUT2D eigenvalue weighted by molar-refractivity contribution is -0.147. The number of hydrogen-bond donors (Lipinski definition) is 2. The summed E-state index contributed by atoms with van der Waals surface area (Å²) < 4.78 is 29.3. The van der Waals surface area contributed by atoms with Gasteiger partial charge in [-0.25, -0.2) is 0 Å². The van der Waals surface area contributed by atoms with Crippen LogP contribution in [0.2, 0.25) is 5.02 Å². The van der Waals surface area contributed by atoms with E-state index in [1.165, 1.54) is 8.61 Å². The second-order valence-electron chi connectivity index (χ2n) is 10.4. The molecule has 4 saturated carbocycles. The molecule has 4 aliphatic carbocycles. The second-order valence-corrected chi connectivity index (χ2v) is 12.7. The van der Waals surface area contributed by atoms with Crippen LogP contribution in [0.5, 0.6) is 0 Å². The Morgan fingerprint density at radius 3 is 2.52 bits per heavy atom. The van der Waals surface area contributed by atoms with E-state index < -0.39 is 15.6 Å². The Hall–Kier alpha value is -1.84. The van der Waals surface area contributed by atoms with Crippen LogP contribution in [-0.2, 0) is 19.8 Å². The average molecular weight is 495 g/mol. The zero-order valence-corrected chi connectivity index (χ0v) is 20.4. The van der Waals surface area contributed by atoms with E-state index in [0.29, 0.717) is 36.1 Å². The van der Waals surface area contributed by atoms with Crippen LogP contribution in [0.1, 0.15) is 44.1 Å². The lowest BCUT2D eigenvalue weighted by Crippen LogP contribution is -2.63. The average Bonchev–Trinajstić information content (AvgIpc) is 2.72. The molecule has 8 nitrogen and oxygen atoms in total. The van der Waals surface area contributed by atoms with Crippen molar-refractivity contribution in [1.29, 1.82) is 0 Å². The molecule has 10 heteroatoms. The van der Waals surface area contributed by atoms with Crippen molar-refractivity contribution in [2.45, 2.75) is 51.5 Å². The summed E-state index contributed by atoms with van der Waals surface area (Å²) in [5.74, 6) is 0.488. The van der Waals surface area contributed by atoms with E-state index in [9.17, 15) is 18.0 Å². The molecule has 1 heterocycles. The number of amides is 2. The highest BCUT2D eigenvalue weighted by molar-refractivity contribution is 7.90. The Morgan fingerprint density at radius 2 is 1.88 bits per heavy atom. The number of anilines is 1. The first-order valence-electron chi connectivity index (χ1n) is 11.7. The third-order valence-corrected chi connectivity index (χ3v) is 10.4. The zero-order valence-electron chi connectivity index (χ0n) is 18.8. The fraction of sp³-hybridized carbons (Fsp3) is 0.652. The minimum atomic E-state index is -3.83. The largest absolute Gasteiger partial charge is 0.369 e. The van der Waals surface area contributed by atoms with E-state index in [2.05, 4.69) is 5.32 Å². The van der Waals surface area contributed by atoms with Gasteiger partial charge < -0.3 is 11.1 Å². The molecular weight excluding hydrogens is 464 g/mol. The van der Waals surface area contributed by atoms with E-state index >= 15 is 0 Å². The zero-order chi connectivity index (χ0) is 23.5. The standard InChI is InChI=1S/C23H31ClN4O4S/c1-14-7-18(24)3-4-19(14)28-6-2-5-27(33(28,31)32)13-20(29)26-21-16-8-15-9-17(21)12-23(10-15,11-16)22(25)30/h3-4,7,15-17,21H,2,5-6,8-13H2,1H3,(H2,25,30)(H,26,29). The molecule has 33 heavy (non-hydrogen) atoms. The predicted octanol–water partition coefficient (Wildman–Crippen LogP) is 2.20. The molecule has 180 valence electrons. The van der Waals surface area contributed by atoms with E-state index in [-0.39, 0.29) is 36.2 Å². The number of hydrogen-bond acceptors (Lipinski definition) is 4. The summed E-state index contributed by atoms with van der Waals surface area (Å²) in [6.45, 7) is 2.30. The van der Waals surface area contributed by atoms with Gasteiger partial charge in [-0.05, 0) is 87.0 Å². The topological polar surface area (TPSA) is 113 Å². The van der Waals surface area contributed by atoms with E-state index in [4.69, 9.17) is 17.3 Å². The summed E-state index contributed by atoms with van der Waals surface area (Å²) in [5, 5.41) is 3.70. The van der Waals surface area contributed by atoms with Crippen molar-refractivity contribution in [3.8, 4) is 0 Å². The third kappa shape index (κ3) is 3.91. The van der Waals surface area contributed by atoms with Gasteiger partial charge in [0.05, 0.1) is 12.2 Å². The van der Waals surface area contributed by atoms with Crippen LogP contribution in [0.3, 0.4) is 0 Å². The van der Waals surface area contributed by atoms with Crippen LogP contribution in [0.15, 0.2) is 18.2 Å². The first-order valence-corrected chi connectivity index (χ1v) is 13.5. The quantitative estimate of drug-likeness (QED) is 0.653. The number of nitrogens with one attached hydrogen (secondary N) is 1. The van der Waals surface area contributed by atoms with Crippen LogP contribution in [0.4, 0.5) is 5.69 Å². The first kappa shape index (κ1) is 22.9. The Balaban J connectivity index is 1.28. The van der Waals surface area contributed by atoms with Gasteiger partial charge in [0, 0.05) is 29.6 Å². The van der Waals surface area contributed by atoms with Crippen molar-refractivity contribution >= 4 is 39.3 Å². The second kappa shape index (κ2) is 8.13. The highest BCUT2D eigenvalue weighted by Gasteiger charge is 2.58. The van der Waals surface area contributed by atoms with Crippen LogP contribution in [0, 0.1) is 30.1 Å². The molecule has 1 aromatic rings. The van der Waals surface area contributed by atoms with Crippen molar-refractivity contribution < 1.29 is 18.0 Å². The molecule has 5 fully saturated rings. The molecular formula is C23H31ClN4O4S. The maximum absolute atomic E-state index is 13.3. The number of carbonyl (C=O) groups excluding carboxylic acids is 2. The van der Waals surface area contributed by atoms with Gasteiger partial charge in [-0.1, -0.05) is 11.6 Å². The minimum absolute atomic E-state index is 0.0105. The van der Waals surface area contributed by atoms with Gasteiger partial charge in [-0.15, -0.1) is 0 Å². The predicted molar refractivity (Wildman–Crippen MR) is 126 cm³/mol. The summed E-state index contributed by atoms with van der Waals surface area (Å²) in [5.41, 5.74) is 6.71. The summed E-state index contributed by atoms with van der Waals surface area (Å²) in [7, 11) is -3.83. The number of benzene rings is 1. The Bertz CT molecular complexity index is 1080. The smallest absolute Gasteiger partial charge is 0.304 e. The van der Waals surface area contributed by atoms with Gasteiger partial charge >= 0.3 is 10.2 Å². The lowest BCUT2D eigenvalue weighted by Gasteiger charge is -2.58. The summed E-state index contributed by atoms with van der Waals surface area (Å²) in [6, 6.07) is 5.12. The molecule has 6 rings (SSSR count). The fourth-order valence-corrected chi connectivity index (χ4v) is 8.98. The number of nitrogens with two attached hydrogens (primary N) is 1. The van der Waals surface area contributed by atoms with Gasteiger partial charge in [-0.3, -0.25) is 13.9 Å². The highest BCUT2D eigenvalue weighted by Crippen LogP contribution is 2.59. The molecule has 0 spiro atoms. The monoisotopic (exact) mass is 494 g/mol. The fourth-order valence-electron chi connectivity index (χ4n) is 7.02. The molecule has 3 N–H and O–H groups in total. The highest BCUT2D eigenvalue weighted by atomic mass is 35.5. The SMILES string of the molecule is Cc1cc(Cl)ccc1N1CCCN(CC(=O)NC2C3CC4CC2CC(C(N)=O)(C4)C3)S1(=O)=O. The molecule has 2 atom stereocenters. The Kier molecular flexibility index (Phi) is 5.65. The first-order chi connectivity index (χ1) is 15.6. The molecule has 2 amide bonds. The normalized spacial score (nSPS) is 34.9. The van der Waals surface area contributed by atoms with E-state index in [0.717, 1.165) is 37.7 Å². The van der Waals surface area contributed by atoms with Crippen LogP contribution in [0.25, 0.3) is 0 Å². The van der Waals surface area contributed by atoms with Gasteiger partial charge in [0.15, 0.2) is 0 Å². The number of rotatable bonds is 5. The van der Waals surface area contributed by atoms with Crippen molar-refractivity contribution in [3.05, 3.63) is 28.8 Å². The van der Waals surface area contributed by atoms with Crippen molar-refractivity contribution in [3.63, 3.8) is 0 Å². The van der Waals surface area contributed by atoms with E-state index in [1.54, 1.807) is 18.2 Å². The number of halogens is 1. The molecule has 0 radical (unpaired) electrons. The molecule has 1 saturated heterocycles. The van der Waals surface area contributed by atoms with Gasteiger partial charge in [0.1, 0.15) is 0 Å². The molecule has 5 aliphatic rings. The molecule has 1 aromatic carbocycles. The molecule has 2 unspecified atom stereocenters. The number of carbonyl (C=O) groups is 2. The van der Waals surface area contributed by atoms with Crippen LogP contribution < -0.4 is 15.4 Å². The Morgan fingerprint density at radius 1 is 1.18 bits per heavy atom. The molecule has 0 aromatic heterocycles. The number of aryl methyl sites for hydroxylation is 1. The van der Waals surface area contributed by atoms with Crippen molar-refractivity contribution in [2.75, 3.05) is 23.9 Å². The summed E-state index contributed by atoms with van der Waals surface area (Å²) in [6.07, 6.45) is 4.97. The maximum atomic E-state index is 13.3. The molecule has 1 aliphatic heterocycles. The summed E-state index contributed by atoms with van der Waals surface area (Å²) >= 11 is 6.04. The third-order valence-electron chi connectivity index (χ3n) is 8.24. The Labute approximate surface area is 200 Å². The molecule has 4 bridgehead atoms. The number of nitrogens with zero attached hydrogens (tertiary/aromatic N) is 2. The minimum Gasteiger partial charge on any atom is -0.369 e. The van der Waals surface area contributed by atoms with Crippen LogP contribution >= 0.6 is 11.6 Å². The lowest BCUT2D eigenvalue weighted by atomic mass is 9.47. The van der Waals surface area contributed by atoms with Crippen molar-refractivity contribution in [2.24, 2.45) is 28.9 Å². The van der Waals surface area contributed by atoms with E-state index in [1.807, 2.05) is 6.92 Å². The van der Waals surface area contributed by atoms with Gasteiger partial charge in [0.25, 0.3) is 0 Å². The number of primary amides is 1. The maximum Gasteiger partial charge on any atom is 0.304 e. The van der Waals surface area contributed by atoms with Gasteiger partial charge in [-0.2, -0.15) is 12.7 Å².